The number of nitrogens with one attached hydrogen (secondary N) is 1. The zero-order chi connectivity index (χ0) is 10.2. The van der Waals surface area contributed by atoms with Gasteiger partial charge in [-0.25, -0.2) is 8.42 Å². The maximum atomic E-state index is 11.4. The maximum absolute atomic E-state index is 11.4. The highest BCUT2D eigenvalue weighted by Crippen LogP contribution is 2.29. The Kier molecular flexibility index (Phi) is 2.51. The molecule has 0 unspecified atom stereocenters. The van der Waals surface area contributed by atoms with Gasteiger partial charge in [0.2, 0.25) is 5.91 Å². The molecule has 0 aromatic carbocycles. The van der Waals surface area contributed by atoms with Gasteiger partial charge in [-0.1, -0.05) is 0 Å². The van der Waals surface area contributed by atoms with Gasteiger partial charge < -0.3 is 5.32 Å². The van der Waals surface area contributed by atoms with Crippen LogP contribution in [0.4, 0.5) is 0 Å². The minimum atomic E-state index is -2.81. The molecule has 14 heavy (non-hydrogen) atoms. The molecule has 1 saturated heterocycles. The fourth-order valence-corrected chi connectivity index (χ4v) is 3.19. The minimum absolute atomic E-state index is 0.0895. The third kappa shape index (κ3) is 2.47. The molecular formula is C9H15NO3S. The van der Waals surface area contributed by atoms with E-state index < -0.39 is 9.84 Å². The molecule has 1 heterocycles. The lowest BCUT2D eigenvalue weighted by atomic mass is 10.1. The Labute approximate surface area is 84.0 Å². The molecule has 2 aliphatic rings. The topological polar surface area (TPSA) is 63.2 Å². The average molecular weight is 217 g/mol. The van der Waals surface area contributed by atoms with Crippen LogP contribution in [0.15, 0.2) is 0 Å². The molecule has 0 atom stereocenters. The molecule has 1 saturated carbocycles. The van der Waals surface area contributed by atoms with Gasteiger partial charge in [0.25, 0.3) is 0 Å². The Morgan fingerprint density at radius 2 is 1.64 bits per heavy atom. The molecule has 0 aromatic heterocycles. The van der Waals surface area contributed by atoms with Crippen molar-refractivity contribution < 1.29 is 13.2 Å². The Balaban J connectivity index is 1.80. The second kappa shape index (κ2) is 3.53. The van der Waals surface area contributed by atoms with E-state index in [9.17, 15) is 13.2 Å². The quantitative estimate of drug-likeness (QED) is 0.713. The number of amides is 1. The standard InChI is InChI=1S/C9H15NO3S/c11-9(7-1-2-7)10-8-3-5-14(12,13)6-4-8/h7-8H,1-6H2,(H,10,11). The summed E-state index contributed by atoms with van der Waals surface area (Å²) in [7, 11) is -2.81. The average Bonchev–Trinajstić information content (AvgIpc) is 2.91. The molecule has 4 nitrogen and oxygen atoms in total. The van der Waals surface area contributed by atoms with Crippen LogP contribution in [-0.4, -0.2) is 31.9 Å². The predicted molar refractivity (Wildman–Crippen MR) is 52.5 cm³/mol. The molecule has 1 aliphatic carbocycles. The normalized spacial score (nSPS) is 27.1. The van der Waals surface area contributed by atoms with E-state index in [0.29, 0.717) is 12.8 Å². The predicted octanol–water partition coefficient (Wildman–Crippen LogP) is 0.0898. The first-order valence-corrected chi connectivity index (χ1v) is 6.90. The van der Waals surface area contributed by atoms with Crippen LogP contribution in [0.5, 0.6) is 0 Å². The number of hydrogen-bond donors (Lipinski definition) is 1. The van der Waals surface area contributed by atoms with Crippen LogP contribution < -0.4 is 5.32 Å². The monoisotopic (exact) mass is 217 g/mol. The van der Waals surface area contributed by atoms with Crippen LogP contribution in [0.1, 0.15) is 25.7 Å². The van der Waals surface area contributed by atoms with Crippen LogP contribution in [-0.2, 0) is 14.6 Å². The van der Waals surface area contributed by atoms with Gasteiger partial charge in [0.1, 0.15) is 9.84 Å². The first-order valence-electron chi connectivity index (χ1n) is 5.08. The van der Waals surface area contributed by atoms with E-state index in [2.05, 4.69) is 5.32 Å². The summed E-state index contributed by atoms with van der Waals surface area (Å²) in [4.78, 5) is 11.4. The smallest absolute Gasteiger partial charge is 0.223 e. The Hall–Kier alpha value is -0.580. The molecular weight excluding hydrogens is 202 g/mol. The molecule has 2 rings (SSSR count). The van der Waals surface area contributed by atoms with Crippen molar-refractivity contribution in [3.8, 4) is 0 Å². The second-order valence-electron chi connectivity index (χ2n) is 4.21. The largest absolute Gasteiger partial charge is 0.353 e. The summed E-state index contributed by atoms with van der Waals surface area (Å²) in [5.74, 6) is 0.786. The summed E-state index contributed by atoms with van der Waals surface area (Å²) in [5.41, 5.74) is 0. The Bertz CT molecular complexity index is 318. The molecule has 80 valence electrons. The summed E-state index contributed by atoms with van der Waals surface area (Å²) in [6.45, 7) is 0. The highest BCUT2D eigenvalue weighted by Gasteiger charge is 2.32. The van der Waals surface area contributed by atoms with E-state index in [4.69, 9.17) is 0 Å². The molecule has 0 spiro atoms. The van der Waals surface area contributed by atoms with Crippen molar-refractivity contribution >= 4 is 15.7 Å². The van der Waals surface area contributed by atoms with Crippen LogP contribution in [0.25, 0.3) is 0 Å². The van der Waals surface area contributed by atoms with Crippen LogP contribution in [0, 0.1) is 5.92 Å². The van der Waals surface area contributed by atoms with Gasteiger partial charge >= 0.3 is 0 Å². The summed E-state index contributed by atoms with van der Waals surface area (Å²) in [5, 5.41) is 2.92. The lowest BCUT2D eigenvalue weighted by Gasteiger charge is -2.22. The molecule has 5 heteroatoms. The molecule has 1 N–H and O–H groups in total. The van der Waals surface area contributed by atoms with Crippen molar-refractivity contribution in [3.63, 3.8) is 0 Å². The van der Waals surface area contributed by atoms with Crippen molar-refractivity contribution in [3.05, 3.63) is 0 Å². The molecule has 1 amide bonds. The zero-order valence-corrected chi connectivity index (χ0v) is 8.85. The van der Waals surface area contributed by atoms with Gasteiger partial charge in [-0.15, -0.1) is 0 Å². The van der Waals surface area contributed by atoms with Crippen molar-refractivity contribution in [1.82, 2.24) is 5.32 Å². The van der Waals surface area contributed by atoms with E-state index in [1.807, 2.05) is 0 Å². The molecule has 0 aromatic rings. The summed E-state index contributed by atoms with van der Waals surface area (Å²) in [6.07, 6.45) is 3.16. The summed E-state index contributed by atoms with van der Waals surface area (Å²) >= 11 is 0. The first-order chi connectivity index (χ1) is 6.57. The third-order valence-electron chi connectivity index (χ3n) is 2.85. The minimum Gasteiger partial charge on any atom is -0.353 e. The van der Waals surface area contributed by atoms with Crippen molar-refractivity contribution in [2.75, 3.05) is 11.5 Å². The van der Waals surface area contributed by atoms with Crippen molar-refractivity contribution in [2.24, 2.45) is 5.92 Å². The van der Waals surface area contributed by atoms with E-state index >= 15 is 0 Å². The number of carbonyl (C=O) groups is 1. The Morgan fingerprint density at radius 1 is 1.07 bits per heavy atom. The fraction of sp³-hybridized carbons (Fsp3) is 0.889. The number of rotatable bonds is 2. The van der Waals surface area contributed by atoms with Gasteiger partial charge in [0, 0.05) is 12.0 Å². The fourth-order valence-electron chi connectivity index (χ4n) is 1.70. The van der Waals surface area contributed by atoms with E-state index in [-0.39, 0.29) is 29.4 Å². The lowest BCUT2D eigenvalue weighted by Crippen LogP contribution is -2.41. The van der Waals surface area contributed by atoms with E-state index in [0.717, 1.165) is 12.8 Å². The molecule has 1 aliphatic heterocycles. The van der Waals surface area contributed by atoms with Gasteiger partial charge in [0.05, 0.1) is 11.5 Å². The number of sulfone groups is 1. The van der Waals surface area contributed by atoms with Gasteiger partial charge in [-0.3, -0.25) is 4.79 Å². The van der Waals surface area contributed by atoms with Gasteiger partial charge in [0.15, 0.2) is 0 Å². The Morgan fingerprint density at radius 3 is 2.14 bits per heavy atom. The van der Waals surface area contributed by atoms with Gasteiger partial charge in [-0.2, -0.15) is 0 Å². The molecule has 0 bridgehead atoms. The SMILES string of the molecule is O=C(NC1CCS(=O)(=O)CC1)C1CC1. The van der Waals surface area contributed by atoms with Crippen molar-refractivity contribution in [1.29, 1.82) is 0 Å². The molecule has 2 fully saturated rings. The second-order valence-corrected chi connectivity index (χ2v) is 6.51. The van der Waals surface area contributed by atoms with E-state index in [1.165, 1.54) is 0 Å². The highest BCUT2D eigenvalue weighted by molar-refractivity contribution is 7.91. The van der Waals surface area contributed by atoms with Crippen LogP contribution >= 0.6 is 0 Å². The van der Waals surface area contributed by atoms with Crippen molar-refractivity contribution in [2.45, 2.75) is 31.7 Å². The number of hydrogen-bond acceptors (Lipinski definition) is 3. The van der Waals surface area contributed by atoms with Gasteiger partial charge in [-0.05, 0) is 25.7 Å². The maximum Gasteiger partial charge on any atom is 0.223 e. The zero-order valence-electron chi connectivity index (χ0n) is 8.03. The number of carbonyl (C=O) groups excluding carboxylic acids is 1. The van der Waals surface area contributed by atoms with E-state index in [1.54, 1.807) is 0 Å². The molecule has 0 radical (unpaired) electrons. The van der Waals surface area contributed by atoms with Crippen LogP contribution in [0.3, 0.4) is 0 Å². The highest BCUT2D eigenvalue weighted by atomic mass is 32.2. The summed E-state index contributed by atoms with van der Waals surface area (Å²) in [6, 6.07) is 0.0895. The summed E-state index contributed by atoms with van der Waals surface area (Å²) < 4.78 is 22.2. The third-order valence-corrected chi connectivity index (χ3v) is 4.56. The first kappa shape index (κ1) is 9.96. The van der Waals surface area contributed by atoms with Crippen LogP contribution in [0.2, 0.25) is 0 Å². The lowest BCUT2D eigenvalue weighted by molar-refractivity contribution is -0.123.